The third kappa shape index (κ3) is 2.95. The number of hydrogen-bond donors (Lipinski definition) is 1. The van der Waals surface area contributed by atoms with E-state index in [-0.39, 0.29) is 6.04 Å². The highest BCUT2D eigenvalue weighted by Gasteiger charge is 2.36. The van der Waals surface area contributed by atoms with Crippen LogP contribution in [-0.4, -0.2) is 31.1 Å². The lowest BCUT2D eigenvalue weighted by Crippen LogP contribution is -2.34. The molecule has 2 atom stereocenters. The Morgan fingerprint density at radius 2 is 2.05 bits per heavy atom. The molecule has 0 saturated carbocycles. The van der Waals surface area contributed by atoms with Crippen LogP contribution in [-0.2, 0) is 0 Å². The molecule has 0 amide bonds. The molecule has 2 unspecified atom stereocenters. The van der Waals surface area contributed by atoms with Crippen molar-refractivity contribution in [1.82, 2.24) is 10.2 Å². The summed E-state index contributed by atoms with van der Waals surface area (Å²) in [5.74, 6) is -1.09. The zero-order valence-corrected chi connectivity index (χ0v) is 11.8. The first-order valence-electron chi connectivity index (χ1n) is 6.90. The maximum absolute atomic E-state index is 13.5. The van der Waals surface area contributed by atoms with Gasteiger partial charge in [-0.2, -0.15) is 0 Å². The number of benzene rings is 1. The van der Waals surface area contributed by atoms with Crippen molar-refractivity contribution < 1.29 is 8.78 Å². The van der Waals surface area contributed by atoms with E-state index in [0.29, 0.717) is 12.0 Å². The maximum Gasteiger partial charge on any atom is 0.159 e. The second kappa shape index (κ2) is 5.97. The average Bonchev–Trinajstić information content (AvgIpc) is 2.77. The van der Waals surface area contributed by atoms with Gasteiger partial charge < -0.3 is 5.32 Å². The second-order valence-electron chi connectivity index (χ2n) is 5.56. The summed E-state index contributed by atoms with van der Waals surface area (Å²) in [5, 5.41) is 3.20. The lowest BCUT2D eigenvalue weighted by Gasteiger charge is -2.31. The molecule has 2 rings (SSSR count). The number of nitrogens with zero attached hydrogens (tertiary/aromatic N) is 1. The van der Waals surface area contributed by atoms with Crippen molar-refractivity contribution in [3.63, 3.8) is 0 Å². The van der Waals surface area contributed by atoms with Gasteiger partial charge in [-0.15, -0.1) is 0 Å². The van der Waals surface area contributed by atoms with Gasteiger partial charge in [-0.1, -0.05) is 6.07 Å². The standard InChI is InChI=1S/C15H22F2N2/c1-10(2)19-7-6-12(9-18-3)15(19)11-4-5-13(16)14(17)8-11/h4-5,8,10,12,15,18H,6-7,9H2,1-3H3. The van der Waals surface area contributed by atoms with Crippen LogP contribution in [0.1, 0.15) is 31.9 Å². The third-order valence-corrected chi connectivity index (χ3v) is 3.98. The molecule has 19 heavy (non-hydrogen) atoms. The van der Waals surface area contributed by atoms with Crippen LogP contribution >= 0.6 is 0 Å². The highest BCUT2D eigenvalue weighted by molar-refractivity contribution is 5.23. The van der Waals surface area contributed by atoms with Crippen LogP contribution in [0.4, 0.5) is 8.78 Å². The van der Waals surface area contributed by atoms with E-state index in [1.165, 1.54) is 12.1 Å². The van der Waals surface area contributed by atoms with Crippen molar-refractivity contribution >= 4 is 0 Å². The molecule has 0 radical (unpaired) electrons. The zero-order chi connectivity index (χ0) is 14.0. The molecular formula is C15H22F2N2. The first-order chi connectivity index (χ1) is 9.04. The lowest BCUT2D eigenvalue weighted by atomic mass is 9.93. The van der Waals surface area contributed by atoms with Crippen LogP contribution in [0.25, 0.3) is 0 Å². The molecule has 0 bridgehead atoms. The topological polar surface area (TPSA) is 15.3 Å². The quantitative estimate of drug-likeness (QED) is 0.903. The molecule has 1 heterocycles. The van der Waals surface area contributed by atoms with Gasteiger partial charge in [-0.3, -0.25) is 4.90 Å². The maximum atomic E-state index is 13.5. The van der Waals surface area contributed by atoms with Gasteiger partial charge in [0.2, 0.25) is 0 Å². The fraction of sp³-hybridized carbons (Fsp3) is 0.600. The van der Waals surface area contributed by atoms with Gasteiger partial charge in [0.15, 0.2) is 11.6 Å². The first kappa shape index (κ1) is 14.4. The molecule has 0 aliphatic carbocycles. The van der Waals surface area contributed by atoms with Crippen molar-refractivity contribution in [1.29, 1.82) is 0 Å². The van der Waals surface area contributed by atoms with Crippen molar-refractivity contribution in [2.45, 2.75) is 32.4 Å². The highest BCUT2D eigenvalue weighted by Crippen LogP contribution is 2.38. The van der Waals surface area contributed by atoms with Crippen LogP contribution < -0.4 is 5.32 Å². The number of halogens is 2. The van der Waals surface area contributed by atoms with Gasteiger partial charge in [0.25, 0.3) is 0 Å². The van der Waals surface area contributed by atoms with Gasteiger partial charge >= 0.3 is 0 Å². The normalized spacial score (nSPS) is 24.3. The van der Waals surface area contributed by atoms with Crippen molar-refractivity contribution in [2.75, 3.05) is 20.1 Å². The van der Waals surface area contributed by atoms with E-state index in [1.807, 2.05) is 7.05 Å². The Hall–Kier alpha value is -1.00. The first-order valence-corrected chi connectivity index (χ1v) is 6.90. The molecule has 106 valence electrons. The van der Waals surface area contributed by atoms with Crippen LogP contribution in [0, 0.1) is 17.6 Å². The van der Waals surface area contributed by atoms with Crippen molar-refractivity contribution in [3.8, 4) is 0 Å². The molecule has 1 aromatic carbocycles. The number of hydrogen-bond acceptors (Lipinski definition) is 2. The van der Waals surface area contributed by atoms with E-state index in [1.54, 1.807) is 6.07 Å². The number of likely N-dealkylation sites (tertiary alicyclic amines) is 1. The molecule has 1 saturated heterocycles. The Morgan fingerprint density at radius 1 is 1.32 bits per heavy atom. The molecule has 4 heteroatoms. The van der Waals surface area contributed by atoms with Crippen molar-refractivity contribution in [3.05, 3.63) is 35.4 Å². The average molecular weight is 268 g/mol. The highest BCUT2D eigenvalue weighted by atomic mass is 19.2. The van der Waals surface area contributed by atoms with Gasteiger partial charge in [0.1, 0.15) is 0 Å². The Kier molecular flexibility index (Phi) is 4.53. The smallest absolute Gasteiger partial charge is 0.159 e. The Labute approximate surface area is 113 Å². The summed E-state index contributed by atoms with van der Waals surface area (Å²) in [7, 11) is 1.93. The molecule has 2 nitrogen and oxygen atoms in total. The molecule has 1 aromatic rings. The molecule has 0 spiro atoms. The van der Waals surface area contributed by atoms with Crippen molar-refractivity contribution in [2.24, 2.45) is 5.92 Å². The van der Waals surface area contributed by atoms with Gasteiger partial charge in [0.05, 0.1) is 0 Å². The van der Waals surface area contributed by atoms with Crippen LogP contribution in [0.15, 0.2) is 18.2 Å². The van der Waals surface area contributed by atoms with Crippen LogP contribution in [0.3, 0.4) is 0 Å². The van der Waals surface area contributed by atoms with Gasteiger partial charge in [-0.25, -0.2) is 8.78 Å². The predicted molar refractivity (Wildman–Crippen MR) is 73.0 cm³/mol. The SMILES string of the molecule is CNCC1CCN(C(C)C)C1c1ccc(F)c(F)c1. The van der Waals surface area contributed by atoms with Gasteiger partial charge in [-0.05, 0) is 64.0 Å². The monoisotopic (exact) mass is 268 g/mol. The molecule has 1 N–H and O–H groups in total. The summed E-state index contributed by atoms with van der Waals surface area (Å²) in [6, 6.07) is 4.87. The number of rotatable bonds is 4. The van der Waals surface area contributed by atoms with Crippen LogP contribution in [0.5, 0.6) is 0 Å². The lowest BCUT2D eigenvalue weighted by molar-refractivity contribution is 0.182. The fourth-order valence-electron chi connectivity index (χ4n) is 3.10. The summed E-state index contributed by atoms with van der Waals surface area (Å²) in [4.78, 5) is 2.37. The second-order valence-corrected chi connectivity index (χ2v) is 5.56. The summed E-state index contributed by atoms with van der Waals surface area (Å²) in [5.41, 5.74) is 0.880. The predicted octanol–water partition coefficient (Wildman–Crippen LogP) is 2.96. The molecule has 1 aliphatic heterocycles. The van der Waals surface area contributed by atoms with E-state index in [4.69, 9.17) is 0 Å². The molecule has 0 aromatic heterocycles. The third-order valence-electron chi connectivity index (χ3n) is 3.98. The largest absolute Gasteiger partial charge is 0.319 e. The Bertz CT molecular complexity index is 434. The minimum atomic E-state index is -0.775. The van der Waals surface area contributed by atoms with E-state index < -0.39 is 11.6 Å². The molecular weight excluding hydrogens is 246 g/mol. The zero-order valence-electron chi connectivity index (χ0n) is 11.8. The van der Waals surface area contributed by atoms with Gasteiger partial charge in [0, 0.05) is 12.1 Å². The Morgan fingerprint density at radius 3 is 2.63 bits per heavy atom. The summed E-state index contributed by atoms with van der Waals surface area (Å²) in [6.45, 7) is 6.20. The fourth-order valence-corrected chi connectivity index (χ4v) is 3.10. The minimum Gasteiger partial charge on any atom is -0.319 e. The van der Waals surface area contributed by atoms with E-state index in [2.05, 4.69) is 24.1 Å². The molecule has 1 fully saturated rings. The minimum absolute atomic E-state index is 0.169. The summed E-state index contributed by atoms with van der Waals surface area (Å²) >= 11 is 0. The van der Waals surface area contributed by atoms with Crippen LogP contribution in [0.2, 0.25) is 0 Å². The van der Waals surface area contributed by atoms with E-state index in [9.17, 15) is 8.78 Å². The molecule has 1 aliphatic rings. The number of nitrogens with one attached hydrogen (secondary N) is 1. The van der Waals surface area contributed by atoms with E-state index in [0.717, 1.165) is 25.1 Å². The van der Waals surface area contributed by atoms with E-state index >= 15 is 0 Å². The summed E-state index contributed by atoms with van der Waals surface area (Å²) < 4.78 is 26.6. The summed E-state index contributed by atoms with van der Waals surface area (Å²) in [6.07, 6.45) is 1.09. The Balaban J connectivity index is 2.31.